The number of hydrogen-bond donors (Lipinski definition) is 1. The molecule has 0 aromatic carbocycles. The van der Waals surface area contributed by atoms with Crippen molar-refractivity contribution in [3.63, 3.8) is 0 Å². The Balaban J connectivity index is 1.96. The van der Waals surface area contributed by atoms with Crippen molar-refractivity contribution < 1.29 is 5.11 Å². The van der Waals surface area contributed by atoms with Gasteiger partial charge in [-0.1, -0.05) is 34.1 Å². The van der Waals surface area contributed by atoms with E-state index in [1.54, 1.807) is 0 Å². The smallest absolute Gasteiger partial charge is 0.0627 e. The van der Waals surface area contributed by atoms with Gasteiger partial charge in [-0.3, -0.25) is 0 Å². The summed E-state index contributed by atoms with van der Waals surface area (Å²) in [7, 11) is 0. The molecule has 0 amide bonds. The summed E-state index contributed by atoms with van der Waals surface area (Å²) in [4.78, 5) is 0. The van der Waals surface area contributed by atoms with E-state index in [4.69, 9.17) is 0 Å². The van der Waals surface area contributed by atoms with Crippen LogP contribution in [0.1, 0.15) is 53.4 Å². The highest BCUT2D eigenvalue weighted by Crippen LogP contribution is 2.69. The largest absolute Gasteiger partial charge is 0.392 e. The minimum Gasteiger partial charge on any atom is -0.392 e. The van der Waals surface area contributed by atoms with Gasteiger partial charge in [0, 0.05) is 0 Å². The summed E-state index contributed by atoms with van der Waals surface area (Å²) in [5.74, 6) is 3.02. The van der Waals surface area contributed by atoms with Crippen LogP contribution >= 0.6 is 0 Å². The minimum atomic E-state index is -0.0305. The third kappa shape index (κ3) is 1.11. The molecule has 92 valence electrons. The molecule has 4 rings (SSSR count). The zero-order valence-electron chi connectivity index (χ0n) is 11.2. The van der Waals surface area contributed by atoms with Crippen LogP contribution in [0.3, 0.4) is 0 Å². The molecule has 0 aliphatic heterocycles. The fourth-order valence-electron chi connectivity index (χ4n) is 5.49. The normalized spacial score (nSPS) is 58.7. The molecule has 6 atom stereocenters. The number of aliphatic hydroxyl groups excluding tert-OH is 1. The molecule has 0 aromatic heterocycles. The molecule has 0 spiro atoms. The summed E-state index contributed by atoms with van der Waals surface area (Å²) in [5.41, 5.74) is 0.712. The molecule has 6 unspecified atom stereocenters. The molecule has 16 heavy (non-hydrogen) atoms. The molecule has 1 N–H and O–H groups in total. The van der Waals surface area contributed by atoms with Crippen LogP contribution in [0.2, 0.25) is 0 Å². The first kappa shape index (κ1) is 11.1. The topological polar surface area (TPSA) is 20.2 Å². The lowest BCUT2D eigenvalue weighted by molar-refractivity contribution is -0.249. The average Bonchev–Trinajstić information content (AvgIpc) is 2.22. The first-order valence-electron chi connectivity index (χ1n) is 7.06. The molecule has 0 saturated heterocycles. The second-order valence-corrected chi connectivity index (χ2v) is 7.68. The summed E-state index contributed by atoms with van der Waals surface area (Å²) < 4.78 is 0. The van der Waals surface area contributed by atoms with Crippen LogP contribution in [0.4, 0.5) is 0 Å². The van der Waals surface area contributed by atoms with Crippen LogP contribution in [0.15, 0.2) is 0 Å². The van der Waals surface area contributed by atoms with Crippen molar-refractivity contribution in [2.75, 3.05) is 0 Å². The number of aliphatic hydroxyl groups is 1. The zero-order valence-corrected chi connectivity index (χ0v) is 11.2. The Morgan fingerprint density at radius 1 is 1.12 bits per heavy atom. The summed E-state index contributed by atoms with van der Waals surface area (Å²) in [5, 5.41) is 10.7. The van der Waals surface area contributed by atoms with Gasteiger partial charge in [0.15, 0.2) is 0 Å². The van der Waals surface area contributed by atoms with Gasteiger partial charge in [-0.05, 0) is 53.8 Å². The summed E-state index contributed by atoms with van der Waals surface area (Å²) in [6.07, 6.45) is 5.20. The van der Waals surface area contributed by atoms with Crippen LogP contribution in [0.25, 0.3) is 0 Å². The maximum absolute atomic E-state index is 10.7. The van der Waals surface area contributed by atoms with E-state index in [2.05, 4.69) is 27.7 Å². The van der Waals surface area contributed by atoms with E-state index in [9.17, 15) is 5.11 Å². The third-order valence-corrected chi connectivity index (χ3v) is 6.62. The van der Waals surface area contributed by atoms with Crippen molar-refractivity contribution >= 4 is 0 Å². The van der Waals surface area contributed by atoms with E-state index in [0.29, 0.717) is 11.3 Å². The second kappa shape index (κ2) is 3.04. The third-order valence-electron chi connectivity index (χ3n) is 6.62. The molecule has 0 heterocycles. The standard InChI is InChI=1S/C15H26O/c1-9-11-8-15(9,4)13(16)10-6-5-7-14(2,3)12(10)11/h9-13,16H,5-8H2,1-4H3. The van der Waals surface area contributed by atoms with Crippen LogP contribution in [0.5, 0.6) is 0 Å². The Hall–Kier alpha value is -0.0400. The molecule has 0 aromatic rings. The van der Waals surface area contributed by atoms with Gasteiger partial charge in [-0.25, -0.2) is 0 Å². The highest BCUT2D eigenvalue weighted by atomic mass is 16.3. The van der Waals surface area contributed by atoms with E-state index in [1.165, 1.54) is 25.7 Å². The predicted octanol–water partition coefficient (Wildman–Crippen LogP) is 3.47. The summed E-state index contributed by atoms with van der Waals surface area (Å²) >= 11 is 0. The van der Waals surface area contributed by atoms with Crippen molar-refractivity contribution in [3.05, 3.63) is 0 Å². The van der Waals surface area contributed by atoms with Gasteiger partial charge in [-0.2, -0.15) is 0 Å². The molecule has 4 fully saturated rings. The minimum absolute atomic E-state index is 0.0305. The monoisotopic (exact) mass is 222 g/mol. The van der Waals surface area contributed by atoms with Crippen molar-refractivity contribution in [3.8, 4) is 0 Å². The SMILES string of the molecule is CC1C2CC1(C)C(O)C1CCCC(C)(C)C21. The first-order chi connectivity index (χ1) is 7.38. The fraction of sp³-hybridized carbons (Fsp3) is 1.00. The van der Waals surface area contributed by atoms with Gasteiger partial charge in [0.1, 0.15) is 0 Å². The van der Waals surface area contributed by atoms with Crippen LogP contribution < -0.4 is 0 Å². The van der Waals surface area contributed by atoms with Crippen molar-refractivity contribution in [1.29, 1.82) is 0 Å². The summed E-state index contributed by atoms with van der Waals surface area (Å²) in [6.45, 7) is 9.56. The molecule has 4 saturated carbocycles. The Bertz CT molecular complexity index is 309. The lowest BCUT2D eigenvalue weighted by Gasteiger charge is -2.69. The highest BCUT2D eigenvalue weighted by molar-refractivity contribution is 5.14. The quantitative estimate of drug-likeness (QED) is 0.665. The highest BCUT2D eigenvalue weighted by Gasteiger charge is 2.65. The van der Waals surface area contributed by atoms with Gasteiger partial charge in [0.2, 0.25) is 0 Å². The molecule has 2 bridgehead atoms. The van der Waals surface area contributed by atoms with E-state index >= 15 is 0 Å². The molecule has 0 radical (unpaired) electrons. The Kier molecular flexibility index (Phi) is 2.11. The fourth-order valence-corrected chi connectivity index (χ4v) is 5.49. The van der Waals surface area contributed by atoms with Crippen LogP contribution in [0, 0.1) is 34.5 Å². The van der Waals surface area contributed by atoms with E-state index < -0.39 is 0 Å². The Morgan fingerprint density at radius 2 is 1.81 bits per heavy atom. The van der Waals surface area contributed by atoms with Gasteiger partial charge in [0.05, 0.1) is 6.10 Å². The maximum Gasteiger partial charge on any atom is 0.0627 e. The van der Waals surface area contributed by atoms with Gasteiger partial charge in [0.25, 0.3) is 0 Å². The van der Waals surface area contributed by atoms with Gasteiger partial charge in [-0.15, -0.1) is 0 Å². The Labute approximate surface area is 99.6 Å². The van der Waals surface area contributed by atoms with Crippen molar-refractivity contribution in [1.82, 2.24) is 0 Å². The van der Waals surface area contributed by atoms with E-state index in [-0.39, 0.29) is 11.5 Å². The van der Waals surface area contributed by atoms with Gasteiger partial charge >= 0.3 is 0 Å². The lowest BCUT2D eigenvalue weighted by Crippen LogP contribution is -2.67. The Morgan fingerprint density at radius 3 is 2.44 bits per heavy atom. The van der Waals surface area contributed by atoms with Gasteiger partial charge < -0.3 is 5.11 Å². The molecule has 1 heteroatoms. The van der Waals surface area contributed by atoms with E-state index in [1.807, 2.05) is 0 Å². The zero-order chi connectivity index (χ0) is 11.7. The first-order valence-corrected chi connectivity index (χ1v) is 7.06. The molecule has 4 aliphatic carbocycles. The van der Waals surface area contributed by atoms with Crippen molar-refractivity contribution in [2.45, 2.75) is 59.5 Å². The van der Waals surface area contributed by atoms with Crippen molar-refractivity contribution in [2.24, 2.45) is 34.5 Å². The van der Waals surface area contributed by atoms with Crippen LogP contribution in [-0.2, 0) is 0 Å². The lowest BCUT2D eigenvalue weighted by atomic mass is 9.37. The second-order valence-electron chi connectivity index (χ2n) is 7.68. The molecule has 1 nitrogen and oxygen atoms in total. The maximum atomic E-state index is 10.7. The average molecular weight is 222 g/mol. The number of rotatable bonds is 0. The molecular formula is C15H26O. The predicted molar refractivity (Wildman–Crippen MR) is 66.0 cm³/mol. The molecule has 4 aliphatic rings. The molecular weight excluding hydrogens is 196 g/mol. The number of hydrogen-bond acceptors (Lipinski definition) is 1. The van der Waals surface area contributed by atoms with Crippen LogP contribution in [-0.4, -0.2) is 11.2 Å². The van der Waals surface area contributed by atoms with E-state index in [0.717, 1.165) is 17.8 Å². The summed E-state index contributed by atoms with van der Waals surface area (Å²) in [6, 6.07) is 0.